The maximum atomic E-state index is 13.2. The van der Waals surface area contributed by atoms with Crippen molar-refractivity contribution in [2.75, 3.05) is 19.0 Å². The summed E-state index contributed by atoms with van der Waals surface area (Å²) in [6.07, 6.45) is 4.30. The number of methoxy groups -OCH3 is 1. The van der Waals surface area contributed by atoms with Gasteiger partial charge in [0, 0.05) is 17.4 Å². The highest BCUT2D eigenvalue weighted by Gasteiger charge is 2.28. The van der Waals surface area contributed by atoms with Crippen molar-refractivity contribution < 1.29 is 14.3 Å². The lowest BCUT2D eigenvalue weighted by Gasteiger charge is -2.13. The quantitative estimate of drug-likeness (QED) is 0.474. The number of nitrogens with zero attached hydrogens (tertiary/aromatic N) is 2. The highest BCUT2D eigenvalue weighted by atomic mass is 32.1. The van der Waals surface area contributed by atoms with E-state index in [2.05, 4.69) is 17.2 Å². The van der Waals surface area contributed by atoms with Crippen molar-refractivity contribution >= 4 is 33.1 Å². The van der Waals surface area contributed by atoms with Crippen LogP contribution in [0.1, 0.15) is 65.3 Å². The van der Waals surface area contributed by atoms with Gasteiger partial charge in [-0.25, -0.2) is 9.97 Å². The molecule has 1 amide bonds. The van der Waals surface area contributed by atoms with Crippen LogP contribution in [0.3, 0.4) is 0 Å². The fraction of sp³-hybridized carbons (Fsp3) is 0.435. The molecule has 1 aliphatic rings. The molecule has 6 nitrogen and oxygen atoms in total. The van der Waals surface area contributed by atoms with Crippen LogP contribution in [0.4, 0.5) is 5.69 Å². The minimum Gasteiger partial charge on any atom is -0.497 e. The van der Waals surface area contributed by atoms with E-state index in [1.54, 1.807) is 13.2 Å². The number of unbranched alkanes of at least 4 members (excludes halogenated alkanes) is 1. The van der Waals surface area contributed by atoms with Crippen LogP contribution in [0, 0.1) is 13.8 Å². The van der Waals surface area contributed by atoms with E-state index >= 15 is 0 Å². The highest BCUT2D eigenvalue weighted by Crippen LogP contribution is 2.40. The molecule has 1 fully saturated rings. The number of amides is 1. The maximum absolute atomic E-state index is 13.2. The predicted molar refractivity (Wildman–Crippen MR) is 120 cm³/mol. The Labute approximate surface area is 180 Å². The summed E-state index contributed by atoms with van der Waals surface area (Å²) in [5.41, 5.74) is 2.47. The molecule has 0 bridgehead atoms. The number of fused-ring (bicyclic) bond motifs is 1. The van der Waals surface area contributed by atoms with Gasteiger partial charge in [-0.1, -0.05) is 13.3 Å². The van der Waals surface area contributed by atoms with E-state index in [1.165, 1.54) is 11.3 Å². The number of benzene rings is 1. The molecule has 1 aromatic carbocycles. The van der Waals surface area contributed by atoms with E-state index in [9.17, 15) is 4.79 Å². The third kappa shape index (κ3) is 4.12. The van der Waals surface area contributed by atoms with Crippen molar-refractivity contribution in [2.24, 2.45) is 0 Å². The lowest BCUT2D eigenvalue weighted by Crippen LogP contribution is -2.13. The molecule has 4 rings (SSSR count). The average Bonchev–Trinajstić information content (AvgIpc) is 3.52. The van der Waals surface area contributed by atoms with E-state index in [1.807, 2.05) is 26.0 Å². The molecule has 1 aliphatic carbocycles. The van der Waals surface area contributed by atoms with Gasteiger partial charge < -0.3 is 14.8 Å². The molecule has 0 saturated heterocycles. The summed E-state index contributed by atoms with van der Waals surface area (Å²) in [5.74, 6) is 2.52. The fourth-order valence-corrected chi connectivity index (χ4v) is 4.60. The summed E-state index contributed by atoms with van der Waals surface area (Å²) < 4.78 is 11.2. The molecule has 158 valence electrons. The lowest BCUT2D eigenvalue weighted by atomic mass is 10.1. The third-order valence-corrected chi connectivity index (χ3v) is 6.51. The molecule has 2 aromatic heterocycles. The Hall–Kier alpha value is -2.67. The zero-order valence-electron chi connectivity index (χ0n) is 17.9. The van der Waals surface area contributed by atoms with Crippen LogP contribution in [0.2, 0.25) is 0 Å². The van der Waals surface area contributed by atoms with Crippen molar-refractivity contribution in [3.8, 4) is 11.5 Å². The number of carbonyl (C=O) groups is 1. The summed E-state index contributed by atoms with van der Waals surface area (Å²) in [5, 5.41) is 4.00. The van der Waals surface area contributed by atoms with Gasteiger partial charge in [0.15, 0.2) is 0 Å². The fourth-order valence-electron chi connectivity index (χ4n) is 3.47. The Morgan fingerprint density at radius 3 is 2.77 bits per heavy atom. The van der Waals surface area contributed by atoms with Gasteiger partial charge in [0.1, 0.15) is 22.2 Å². The van der Waals surface area contributed by atoms with Crippen LogP contribution in [0.25, 0.3) is 10.2 Å². The first kappa shape index (κ1) is 20.6. The second kappa shape index (κ2) is 8.60. The van der Waals surface area contributed by atoms with Gasteiger partial charge in [0.25, 0.3) is 5.91 Å². The number of ether oxygens (including phenoxy) is 2. The second-order valence-electron chi connectivity index (χ2n) is 7.70. The van der Waals surface area contributed by atoms with Crippen LogP contribution in [-0.4, -0.2) is 29.6 Å². The molecule has 0 spiro atoms. The summed E-state index contributed by atoms with van der Waals surface area (Å²) in [6, 6.07) is 5.46. The minimum atomic E-state index is -0.170. The van der Waals surface area contributed by atoms with Crippen LogP contribution >= 0.6 is 11.3 Å². The summed E-state index contributed by atoms with van der Waals surface area (Å²) in [6.45, 7) is 6.68. The first-order valence-corrected chi connectivity index (χ1v) is 11.2. The van der Waals surface area contributed by atoms with Gasteiger partial charge in [0.05, 0.1) is 30.0 Å². The molecule has 0 radical (unpaired) electrons. The number of carbonyl (C=O) groups excluding carboxylic acids is 1. The predicted octanol–water partition coefficient (Wildman–Crippen LogP) is 5.63. The molecule has 1 N–H and O–H groups in total. The molecular formula is C23H27N3O3S. The van der Waals surface area contributed by atoms with Crippen molar-refractivity contribution in [2.45, 2.75) is 52.4 Å². The maximum Gasteiger partial charge on any atom is 0.266 e. The van der Waals surface area contributed by atoms with Crippen LogP contribution in [0.5, 0.6) is 11.5 Å². The number of aryl methyl sites for hydroxylation is 2. The zero-order valence-corrected chi connectivity index (χ0v) is 18.7. The second-order valence-corrected chi connectivity index (χ2v) is 8.70. The van der Waals surface area contributed by atoms with Gasteiger partial charge >= 0.3 is 0 Å². The first-order valence-electron chi connectivity index (χ1n) is 10.4. The standard InChI is InChI=1S/C23H27N3O3S/c1-5-6-11-29-18-10-9-16(28-4)12-17(18)25-22(27)20-13(2)19-14(3)24-21(15-7-8-15)26-23(19)30-20/h9-10,12,15H,5-8,11H2,1-4H3,(H,25,27). The smallest absolute Gasteiger partial charge is 0.266 e. The van der Waals surface area contributed by atoms with Gasteiger partial charge in [0.2, 0.25) is 0 Å². The van der Waals surface area contributed by atoms with Crippen LogP contribution in [0.15, 0.2) is 18.2 Å². The Kier molecular flexibility index (Phi) is 5.90. The monoisotopic (exact) mass is 425 g/mol. The molecule has 0 aliphatic heterocycles. The molecule has 1 saturated carbocycles. The van der Waals surface area contributed by atoms with Gasteiger partial charge in [-0.15, -0.1) is 11.3 Å². The number of thiophene rings is 1. The number of nitrogens with one attached hydrogen (secondary N) is 1. The number of hydrogen-bond donors (Lipinski definition) is 1. The molecular weight excluding hydrogens is 398 g/mol. The lowest BCUT2D eigenvalue weighted by molar-refractivity contribution is 0.102. The minimum absolute atomic E-state index is 0.170. The molecule has 0 unspecified atom stereocenters. The number of hydrogen-bond acceptors (Lipinski definition) is 6. The Bertz CT molecular complexity index is 1090. The Balaban J connectivity index is 1.64. The van der Waals surface area contributed by atoms with E-state index in [0.29, 0.717) is 34.6 Å². The Morgan fingerprint density at radius 2 is 2.07 bits per heavy atom. The van der Waals surface area contributed by atoms with E-state index in [0.717, 1.165) is 53.0 Å². The Morgan fingerprint density at radius 1 is 1.27 bits per heavy atom. The topological polar surface area (TPSA) is 73.3 Å². The van der Waals surface area contributed by atoms with Gasteiger partial charge in [-0.05, 0) is 50.8 Å². The number of rotatable bonds is 8. The number of anilines is 1. The van der Waals surface area contributed by atoms with Gasteiger partial charge in [-0.2, -0.15) is 0 Å². The number of aromatic nitrogens is 2. The van der Waals surface area contributed by atoms with E-state index in [-0.39, 0.29) is 5.91 Å². The van der Waals surface area contributed by atoms with E-state index in [4.69, 9.17) is 14.5 Å². The van der Waals surface area contributed by atoms with Crippen molar-refractivity contribution in [3.05, 3.63) is 40.2 Å². The van der Waals surface area contributed by atoms with E-state index < -0.39 is 0 Å². The van der Waals surface area contributed by atoms with Gasteiger partial charge in [-0.3, -0.25) is 4.79 Å². The molecule has 30 heavy (non-hydrogen) atoms. The molecule has 7 heteroatoms. The molecule has 0 atom stereocenters. The molecule has 2 heterocycles. The summed E-state index contributed by atoms with van der Waals surface area (Å²) in [4.78, 5) is 24.2. The van der Waals surface area contributed by atoms with Crippen molar-refractivity contribution in [3.63, 3.8) is 0 Å². The van der Waals surface area contributed by atoms with Crippen molar-refractivity contribution in [1.29, 1.82) is 0 Å². The first-order chi connectivity index (χ1) is 14.5. The highest BCUT2D eigenvalue weighted by molar-refractivity contribution is 7.20. The van der Waals surface area contributed by atoms with Crippen molar-refractivity contribution in [1.82, 2.24) is 9.97 Å². The normalized spacial score (nSPS) is 13.5. The summed E-state index contributed by atoms with van der Waals surface area (Å²) >= 11 is 1.43. The SMILES string of the molecule is CCCCOc1ccc(OC)cc1NC(=O)c1sc2nc(C3CC3)nc(C)c2c1C. The zero-order chi connectivity index (χ0) is 21.3. The third-order valence-electron chi connectivity index (χ3n) is 5.33. The largest absolute Gasteiger partial charge is 0.497 e. The van der Waals surface area contributed by atoms with Crippen LogP contribution < -0.4 is 14.8 Å². The molecule has 3 aromatic rings. The summed E-state index contributed by atoms with van der Waals surface area (Å²) in [7, 11) is 1.60. The van der Waals surface area contributed by atoms with Crippen LogP contribution in [-0.2, 0) is 0 Å². The average molecular weight is 426 g/mol.